The molecule has 174 valence electrons. The summed E-state index contributed by atoms with van der Waals surface area (Å²) >= 11 is 3.38. The van der Waals surface area contributed by atoms with Crippen molar-refractivity contribution in [3.8, 4) is 23.3 Å². The molecule has 0 saturated carbocycles. The van der Waals surface area contributed by atoms with Crippen LogP contribution in [0.3, 0.4) is 0 Å². The summed E-state index contributed by atoms with van der Waals surface area (Å²) in [7, 11) is 1.50. The van der Waals surface area contributed by atoms with Gasteiger partial charge in [0, 0.05) is 23.2 Å². The van der Waals surface area contributed by atoms with E-state index in [1.807, 2.05) is 6.07 Å². The number of aromatic nitrogens is 1. The number of benzene rings is 1. The van der Waals surface area contributed by atoms with Gasteiger partial charge in [0.05, 0.1) is 29.0 Å². The Morgan fingerprint density at radius 3 is 2.85 bits per heavy atom. The van der Waals surface area contributed by atoms with Crippen LogP contribution in [0.1, 0.15) is 22.6 Å². The van der Waals surface area contributed by atoms with Crippen LogP contribution in [0.15, 0.2) is 50.4 Å². The lowest BCUT2D eigenvalue weighted by Crippen LogP contribution is -2.25. The van der Waals surface area contributed by atoms with Gasteiger partial charge in [-0.25, -0.2) is 10.4 Å². The Morgan fingerprint density at radius 2 is 2.15 bits per heavy atom. The molecule has 1 N–H and O–H groups in total. The van der Waals surface area contributed by atoms with Crippen molar-refractivity contribution in [3.63, 3.8) is 0 Å². The summed E-state index contributed by atoms with van der Waals surface area (Å²) in [5.41, 5.74) is 3.81. The van der Waals surface area contributed by atoms with Crippen molar-refractivity contribution in [1.82, 2.24) is 10.4 Å². The van der Waals surface area contributed by atoms with E-state index in [2.05, 4.69) is 31.4 Å². The molecule has 0 aliphatic heterocycles. The van der Waals surface area contributed by atoms with E-state index in [4.69, 9.17) is 13.9 Å². The molecular weight excluding hydrogens is 510 g/mol. The summed E-state index contributed by atoms with van der Waals surface area (Å²) in [6.45, 7) is 1.45. The lowest BCUT2D eigenvalue weighted by atomic mass is 10.1. The van der Waals surface area contributed by atoms with Crippen LogP contribution >= 0.6 is 15.9 Å². The normalized spacial score (nSPS) is 10.8. The number of hydrogen-bond donors (Lipinski definition) is 1. The number of halogens is 1. The molecule has 0 atom stereocenters. The van der Waals surface area contributed by atoms with Gasteiger partial charge in [0.1, 0.15) is 23.2 Å². The number of rotatable bonds is 9. The maximum absolute atomic E-state index is 12.1. The first-order valence-corrected chi connectivity index (χ1v) is 10.5. The van der Waals surface area contributed by atoms with Gasteiger partial charge in [0.2, 0.25) is 5.88 Å². The first kappa shape index (κ1) is 24.6. The average Bonchev–Trinajstić information content (AvgIpc) is 3.29. The van der Waals surface area contributed by atoms with Crippen molar-refractivity contribution in [2.75, 3.05) is 13.7 Å². The third kappa shape index (κ3) is 5.64. The Bertz CT molecular complexity index is 1300. The van der Waals surface area contributed by atoms with Crippen LogP contribution in [0, 0.1) is 28.4 Å². The number of ether oxygens (including phenoxy) is 2. The van der Waals surface area contributed by atoms with Gasteiger partial charge in [-0.05, 0) is 41.1 Å². The van der Waals surface area contributed by atoms with Crippen LogP contribution in [0.5, 0.6) is 5.88 Å². The van der Waals surface area contributed by atoms with Crippen LogP contribution in [0.4, 0.5) is 5.69 Å². The molecule has 3 aromatic rings. The zero-order chi connectivity index (χ0) is 24.7. The number of pyridine rings is 1. The quantitative estimate of drug-likeness (QED) is 0.250. The number of carbonyl (C=O) groups excluding carboxylic acids is 1. The molecular formula is C22H18BrN5O6. The Kier molecular flexibility index (Phi) is 8.07. The minimum absolute atomic E-state index is 0.00881. The SMILES string of the molecule is COCc1c(Br)c(C)nc(OCC(=O)N/N=C\c2ccc(-c3ccccc3[N+](=O)[O-])o2)c1C#N. The second-order valence-electron chi connectivity index (χ2n) is 6.77. The fourth-order valence-electron chi connectivity index (χ4n) is 2.96. The van der Waals surface area contributed by atoms with E-state index >= 15 is 0 Å². The van der Waals surface area contributed by atoms with Crippen molar-refractivity contribution in [2.45, 2.75) is 13.5 Å². The minimum Gasteiger partial charge on any atom is -0.467 e. The van der Waals surface area contributed by atoms with Crippen LogP contribution in [-0.4, -0.2) is 35.7 Å². The smallest absolute Gasteiger partial charge is 0.280 e. The van der Waals surface area contributed by atoms with Gasteiger partial charge in [-0.3, -0.25) is 14.9 Å². The third-order valence-corrected chi connectivity index (χ3v) is 5.53. The third-order valence-electron chi connectivity index (χ3n) is 4.48. The molecule has 0 fully saturated rings. The number of methoxy groups -OCH3 is 1. The molecule has 0 bridgehead atoms. The number of hydrogen-bond acceptors (Lipinski definition) is 9. The van der Waals surface area contributed by atoms with E-state index in [0.29, 0.717) is 21.3 Å². The van der Waals surface area contributed by atoms with E-state index in [-0.39, 0.29) is 35.3 Å². The molecule has 0 saturated heterocycles. The van der Waals surface area contributed by atoms with Crippen molar-refractivity contribution in [1.29, 1.82) is 5.26 Å². The fraction of sp³-hybridized carbons (Fsp3) is 0.182. The van der Waals surface area contributed by atoms with Gasteiger partial charge < -0.3 is 13.9 Å². The van der Waals surface area contributed by atoms with Gasteiger partial charge in [-0.2, -0.15) is 10.4 Å². The highest BCUT2D eigenvalue weighted by molar-refractivity contribution is 9.10. The van der Waals surface area contributed by atoms with Crippen molar-refractivity contribution in [3.05, 3.63) is 73.6 Å². The number of carbonyl (C=O) groups is 1. The molecule has 2 aromatic heterocycles. The number of amides is 1. The highest BCUT2D eigenvalue weighted by atomic mass is 79.9. The van der Waals surface area contributed by atoms with Gasteiger partial charge in [0.25, 0.3) is 11.6 Å². The monoisotopic (exact) mass is 527 g/mol. The van der Waals surface area contributed by atoms with Crippen LogP contribution in [0.25, 0.3) is 11.3 Å². The first-order valence-electron chi connectivity index (χ1n) is 9.72. The molecule has 3 rings (SSSR count). The number of nitriles is 1. The molecule has 11 nitrogen and oxygen atoms in total. The number of hydrazone groups is 1. The minimum atomic E-state index is -0.596. The Morgan fingerprint density at radius 1 is 1.38 bits per heavy atom. The highest BCUT2D eigenvalue weighted by Gasteiger charge is 2.19. The number of nitro benzene ring substituents is 1. The molecule has 0 aliphatic rings. The van der Waals surface area contributed by atoms with Gasteiger partial charge in [-0.15, -0.1) is 0 Å². The lowest BCUT2D eigenvalue weighted by Gasteiger charge is -2.13. The zero-order valence-corrected chi connectivity index (χ0v) is 19.7. The number of aryl methyl sites for hydroxylation is 1. The van der Waals surface area contributed by atoms with Crippen LogP contribution in [0.2, 0.25) is 0 Å². The lowest BCUT2D eigenvalue weighted by molar-refractivity contribution is -0.384. The Hall–Kier alpha value is -4.08. The van der Waals surface area contributed by atoms with E-state index < -0.39 is 17.4 Å². The van der Waals surface area contributed by atoms with Gasteiger partial charge >= 0.3 is 0 Å². The molecule has 0 radical (unpaired) electrons. The first-order chi connectivity index (χ1) is 16.3. The number of para-hydroxylation sites is 1. The van der Waals surface area contributed by atoms with Gasteiger partial charge in [-0.1, -0.05) is 12.1 Å². The van der Waals surface area contributed by atoms with E-state index in [1.54, 1.807) is 37.3 Å². The summed E-state index contributed by atoms with van der Waals surface area (Å²) in [5.74, 6) is -0.0256. The zero-order valence-electron chi connectivity index (χ0n) is 18.1. The standard InChI is InChI=1S/C22H18BrN5O6/c1-13-21(23)17(11-32-2)16(9-24)22(26-13)33-12-20(29)27-25-10-14-7-8-19(34-14)15-5-3-4-6-18(15)28(30)31/h3-8,10H,11-12H2,1-2H3,(H,27,29)/b25-10-. The van der Waals surface area contributed by atoms with Crippen LogP contribution in [-0.2, 0) is 16.1 Å². The van der Waals surface area contributed by atoms with Crippen molar-refractivity contribution < 1.29 is 23.6 Å². The summed E-state index contributed by atoms with van der Waals surface area (Å²) < 4.78 is 16.7. The second-order valence-corrected chi connectivity index (χ2v) is 7.57. The Balaban J connectivity index is 1.64. The number of nitrogens with zero attached hydrogens (tertiary/aromatic N) is 4. The number of nitrogens with one attached hydrogen (secondary N) is 1. The van der Waals surface area contributed by atoms with E-state index in [9.17, 15) is 20.2 Å². The highest BCUT2D eigenvalue weighted by Crippen LogP contribution is 2.31. The van der Waals surface area contributed by atoms with Crippen molar-refractivity contribution in [2.24, 2.45) is 5.10 Å². The predicted octanol–water partition coefficient (Wildman–Crippen LogP) is 3.87. The largest absolute Gasteiger partial charge is 0.467 e. The Labute approximate surface area is 202 Å². The van der Waals surface area contributed by atoms with Crippen molar-refractivity contribution >= 4 is 33.7 Å². The topological polar surface area (TPSA) is 153 Å². The second kappa shape index (κ2) is 11.2. The molecule has 12 heteroatoms. The summed E-state index contributed by atoms with van der Waals surface area (Å²) in [6, 6.07) is 11.3. The van der Waals surface area contributed by atoms with Gasteiger partial charge in [0.15, 0.2) is 6.61 Å². The summed E-state index contributed by atoms with van der Waals surface area (Å²) in [5, 5.41) is 24.5. The number of nitro groups is 1. The van der Waals surface area contributed by atoms with Crippen LogP contribution < -0.4 is 10.2 Å². The summed E-state index contributed by atoms with van der Waals surface area (Å²) in [4.78, 5) is 27.0. The maximum Gasteiger partial charge on any atom is 0.280 e. The molecule has 0 aliphatic carbocycles. The molecule has 1 aromatic carbocycles. The van der Waals surface area contributed by atoms with E-state index in [1.165, 1.54) is 19.4 Å². The number of furan rings is 1. The molecule has 2 heterocycles. The summed E-state index contributed by atoms with van der Waals surface area (Å²) in [6.07, 6.45) is 1.25. The molecule has 0 unspecified atom stereocenters. The fourth-order valence-corrected chi connectivity index (χ4v) is 3.36. The molecule has 34 heavy (non-hydrogen) atoms. The molecule has 0 spiro atoms. The predicted molar refractivity (Wildman–Crippen MR) is 124 cm³/mol. The average molecular weight is 528 g/mol. The molecule has 1 amide bonds. The van der Waals surface area contributed by atoms with E-state index in [0.717, 1.165) is 0 Å². The maximum atomic E-state index is 12.1.